The minimum Gasteiger partial charge on any atom is -0.465 e. The van der Waals surface area contributed by atoms with E-state index >= 15 is 0 Å². The Hall–Kier alpha value is -2.94. The second kappa shape index (κ2) is 6.66. The van der Waals surface area contributed by atoms with Gasteiger partial charge in [0.1, 0.15) is 5.56 Å². The van der Waals surface area contributed by atoms with Crippen molar-refractivity contribution < 1.29 is 9.53 Å². The fraction of sp³-hybridized carbons (Fsp3) is 0.0500. The fourth-order valence-electron chi connectivity index (χ4n) is 3.23. The summed E-state index contributed by atoms with van der Waals surface area (Å²) in [7, 11) is 1.23. The number of anilines is 1. The molecule has 6 nitrogen and oxygen atoms in total. The Balaban J connectivity index is 2.24. The zero-order valence-electron chi connectivity index (χ0n) is 14.3. The number of nitrogens with zero attached hydrogens (tertiary/aromatic N) is 2. The first-order valence-corrected chi connectivity index (χ1v) is 9.16. The van der Waals surface area contributed by atoms with Gasteiger partial charge in [0.05, 0.1) is 24.0 Å². The average Bonchev–Trinajstić information content (AvgIpc) is 2.68. The number of pyridine rings is 2. The third-order valence-electron chi connectivity index (χ3n) is 4.47. The Labute approximate surface area is 167 Å². The number of methoxy groups -OCH3 is 1. The molecule has 2 aromatic heterocycles. The number of nitrogens with two attached hydrogens (primary N) is 1. The Morgan fingerprint density at radius 1 is 1.19 bits per heavy atom. The smallest absolute Gasteiger partial charge is 0.345 e. The van der Waals surface area contributed by atoms with E-state index < -0.39 is 11.5 Å². The lowest BCUT2D eigenvalue weighted by molar-refractivity contribution is 0.0600. The summed E-state index contributed by atoms with van der Waals surface area (Å²) in [6.07, 6.45) is 3.40. The number of fused-ring (bicyclic) bond motifs is 2. The molecular weight excluding hydrogens is 457 g/mol. The van der Waals surface area contributed by atoms with Crippen LogP contribution >= 0.6 is 22.6 Å². The molecule has 0 saturated heterocycles. The molecule has 134 valence electrons. The van der Waals surface area contributed by atoms with Crippen molar-refractivity contribution in [1.82, 2.24) is 9.55 Å². The number of halogens is 1. The van der Waals surface area contributed by atoms with Gasteiger partial charge in [0.25, 0.3) is 5.56 Å². The highest BCUT2D eigenvalue weighted by Crippen LogP contribution is 2.29. The molecule has 0 aliphatic carbocycles. The molecule has 7 heteroatoms. The zero-order chi connectivity index (χ0) is 19.1. The third kappa shape index (κ3) is 2.74. The van der Waals surface area contributed by atoms with Crippen molar-refractivity contribution in [3.05, 3.63) is 74.3 Å². The Morgan fingerprint density at radius 2 is 2.00 bits per heavy atom. The van der Waals surface area contributed by atoms with Crippen molar-refractivity contribution in [2.45, 2.75) is 0 Å². The standard InChI is InChI=1S/C20H14IN3O3/c1-27-20(26)17-18(22)14-6-5-12(21)9-16(14)24(19(17)25)15-4-2-3-11-10-23-8-7-13(11)15/h2-10H,22H2,1H3. The Kier molecular flexibility index (Phi) is 4.31. The summed E-state index contributed by atoms with van der Waals surface area (Å²) >= 11 is 2.18. The fourth-order valence-corrected chi connectivity index (χ4v) is 3.70. The number of carbonyl (C=O) groups excluding carboxylic acids is 1. The maximum atomic E-state index is 13.3. The maximum Gasteiger partial charge on any atom is 0.345 e. The molecule has 4 aromatic rings. The monoisotopic (exact) mass is 471 g/mol. The first kappa shape index (κ1) is 17.5. The van der Waals surface area contributed by atoms with Crippen LogP contribution in [0.1, 0.15) is 10.4 Å². The molecule has 2 N–H and O–H groups in total. The lowest BCUT2D eigenvalue weighted by atomic mass is 10.1. The molecule has 0 radical (unpaired) electrons. The largest absolute Gasteiger partial charge is 0.465 e. The second-order valence-corrected chi connectivity index (χ2v) is 7.20. The van der Waals surface area contributed by atoms with Crippen LogP contribution in [0.3, 0.4) is 0 Å². The predicted octanol–water partition coefficient (Wildman–Crippen LogP) is 3.51. The van der Waals surface area contributed by atoms with Gasteiger partial charge in [-0.25, -0.2) is 4.79 Å². The minimum absolute atomic E-state index is 0.122. The highest BCUT2D eigenvalue weighted by atomic mass is 127. The maximum absolute atomic E-state index is 13.3. The van der Waals surface area contributed by atoms with E-state index in [0.29, 0.717) is 16.6 Å². The van der Waals surface area contributed by atoms with E-state index in [1.165, 1.54) is 11.7 Å². The first-order chi connectivity index (χ1) is 13.0. The summed E-state index contributed by atoms with van der Waals surface area (Å²) in [5.74, 6) is -0.756. The van der Waals surface area contributed by atoms with Gasteiger partial charge in [0, 0.05) is 32.1 Å². The summed E-state index contributed by atoms with van der Waals surface area (Å²) in [5.41, 5.74) is 6.89. The number of esters is 1. The van der Waals surface area contributed by atoms with Gasteiger partial charge in [-0.15, -0.1) is 0 Å². The predicted molar refractivity (Wildman–Crippen MR) is 113 cm³/mol. The van der Waals surface area contributed by atoms with Crippen LogP contribution in [0.2, 0.25) is 0 Å². The van der Waals surface area contributed by atoms with E-state index in [4.69, 9.17) is 10.5 Å². The van der Waals surface area contributed by atoms with Crippen LogP contribution in [0, 0.1) is 3.57 Å². The summed E-state index contributed by atoms with van der Waals surface area (Å²) in [6, 6.07) is 13.0. The second-order valence-electron chi connectivity index (χ2n) is 5.96. The first-order valence-electron chi connectivity index (χ1n) is 8.08. The molecule has 27 heavy (non-hydrogen) atoms. The van der Waals surface area contributed by atoms with E-state index in [9.17, 15) is 9.59 Å². The molecule has 0 atom stereocenters. The van der Waals surface area contributed by atoms with Gasteiger partial charge in [0.2, 0.25) is 0 Å². The lowest BCUT2D eigenvalue weighted by Crippen LogP contribution is -2.28. The van der Waals surface area contributed by atoms with Crippen LogP contribution in [0.4, 0.5) is 5.69 Å². The van der Waals surface area contributed by atoms with Gasteiger partial charge < -0.3 is 10.5 Å². The molecule has 4 rings (SSSR count). The van der Waals surface area contributed by atoms with Crippen molar-refractivity contribution in [3.8, 4) is 5.69 Å². The Bertz CT molecular complexity index is 1280. The van der Waals surface area contributed by atoms with Gasteiger partial charge in [0.15, 0.2) is 0 Å². The van der Waals surface area contributed by atoms with E-state index in [1.54, 1.807) is 12.4 Å². The van der Waals surface area contributed by atoms with Crippen molar-refractivity contribution in [2.24, 2.45) is 0 Å². The molecule has 0 bridgehead atoms. The number of benzene rings is 2. The van der Waals surface area contributed by atoms with Crippen LogP contribution in [-0.2, 0) is 4.74 Å². The zero-order valence-corrected chi connectivity index (χ0v) is 16.4. The Morgan fingerprint density at radius 3 is 2.78 bits per heavy atom. The third-order valence-corrected chi connectivity index (χ3v) is 5.14. The van der Waals surface area contributed by atoms with E-state index in [0.717, 1.165) is 14.3 Å². The summed E-state index contributed by atoms with van der Waals surface area (Å²) in [5, 5.41) is 2.34. The van der Waals surface area contributed by atoms with Crippen LogP contribution in [0.5, 0.6) is 0 Å². The molecule has 0 aliphatic rings. The number of ether oxygens (including phenoxy) is 1. The van der Waals surface area contributed by atoms with E-state index in [-0.39, 0.29) is 11.3 Å². The molecule has 0 aliphatic heterocycles. The number of carbonyl (C=O) groups is 1. The van der Waals surface area contributed by atoms with Crippen molar-refractivity contribution in [3.63, 3.8) is 0 Å². The normalized spacial score (nSPS) is 11.0. The van der Waals surface area contributed by atoms with Crippen LogP contribution < -0.4 is 11.3 Å². The van der Waals surface area contributed by atoms with Crippen molar-refractivity contribution >= 4 is 55.9 Å². The van der Waals surface area contributed by atoms with E-state index in [1.807, 2.05) is 42.5 Å². The van der Waals surface area contributed by atoms with E-state index in [2.05, 4.69) is 27.6 Å². The number of nitrogen functional groups attached to an aromatic ring is 1. The van der Waals surface area contributed by atoms with Crippen molar-refractivity contribution in [2.75, 3.05) is 12.8 Å². The van der Waals surface area contributed by atoms with Gasteiger partial charge in [-0.3, -0.25) is 14.3 Å². The minimum atomic E-state index is -0.756. The number of hydrogen-bond acceptors (Lipinski definition) is 5. The molecule has 0 fully saturated rings. The molecule has 0 unspecified atom stereocenters. The van der Waals surface area contributed by atoms with Crippen LogP contribution in [0.15, 0.2) is 59.7 Å². The number of rotatable bonds is 2. The van der Waals surface area contributed by atoms with Crippen LogP contribution in [0.25, 0.3) is 27.4 Å². The molecule has 2 heterocycles. The van der Waals surface area contributed by atoms with Gasteiger partial charge in [-0.2, -0.15) is 0 Å². The highest BCUT2D eigenvalue weighted by Gasteiger charge is 2.23. The number of hydrogen-bond donors (Lipinski definition) is 1. The topological polar surface area (TPSA) is 87.2 Å². The molecular formula is C20H14IN3O3. The molecule has 2 aromatic carbocycles. The quantitative estimate of drug-likeness (QED) is 0.357. The van der Waals surface area contributed by atoms with Crippen LogP contribution in [-0.4, -0.2) is 22.6 Å². The summed E-state index contributed by atoms with van der Waals surface area (Å²) in [6.45, 7) is 0. The lowest BCUT2D eigenvalue weighted by Gasteiger charge is -2.16. The SMILES string of the molecule is COC(=O)c1c(N)c2ccc(I)cc2n(-c2cccc3cnccc23)c1=O. The summed E-state index contributed by atoms with van der Waals surface area (Å²) in [4.78, 5) is 29.7. The van der Waals surface area contributed by atoms with Gasteiger partial charge in [-0.1, -0.05) is 12.1 Å². The molecule has 0 amide bonds. The highest BCUT2D eigenvalue weighted by molar-refractivity contribution is 14.1. The molecule has 0 saturated carbocycles. The summed E-state index contributed by atoms with van der Waals surface area (Å²) < 4.78 is 7.27. The van der Waals surface area contributed by atoms with Gasteiger partial charge in [-0.05, 0) is 52.9 Å². The van der Waals surface area contributed by atoms with Gasteiger partial charge >= 0.3 is 5.97 Å². The molecule has 0 spiro atoms. The average molecular weight is 471 g/mol. The number of aromatic nitrogens is 2. The van der Waals surface area contributed by atoms with Crippen molar-refractivity contribution in [1.29, 1.82) is 0 Å².